The predicted molar refractivity (Wildman–Crippen MR) is 103 cm³/mol. The summed E-state index contributed by atoms with van der Waals surface area (Å²) in [4.78, 5) is 15.4. The molecule has 1 aromatic carbocycles. The molecule has 0 amide bonds. The van der Waals surface area contributed by atoms with Gasteiger partial charge >= 0.3 is 0 Å². The molecule has 25 heavy (non-hydrogen) atoms. The molecule has 3 heterocycles. The summed E-state index contributed by atoms with van der Waals surface area (Å²) in [7, 11) is 0. The highest BCUT2D eigenvalue weighted by atomic mass is 16.1. The van der Waals surface area contributed by atoms with E-state index in [9.17, 15) is 4.79 Å². The maximum absolute atomic E-state index is 13.0. The molecule has 130 valence electrons. The monoisotopic (exact) mass is 337 g/mol. The van der Waals surface area contributed by atoms with Gasteiger partial charge in [-0.2, -0.15) is 5.10 Å². The molecule has 4 rings (SSSR count). The Kier molecular flexibility index (Phi) is 4.05. The molecule has 0 aliphatic carbocycles. The number of fused-ring (bicyclic) bond motifs is 3. The van der Waals surface area contributed by atoms with Gasteiger partial charge in [0, 0.05) is 30.7 Å². The van der Waals surface area contributed by atoms with Gasteiger partial charge in [-0.3, -0.25) is 9.89 Å². The third kappa shape index (κ3) is 2.53. The van der Waals surface area contributed by atoms with Crippen LogP contribution in [-0.2, 0) is 6.54 Å². The number of aryl methyl sites for hydroxylation is 1. The van der Waals surface area contributed by atoms with Crippen LogP contribution in [0.25, 0.3) is 27.9 Å². The maximum atomic E-state index is 13.0. The molecule has 0 bridgehead atoms. The van der Waals surface area contributed by atoms with E-state index in [1.807, 2.05) is 10.6 Å². The second kappa shape index (κ2) is 6.37. The lowest BCUT2D eigenvalue weighted by Gasteiger charge is -2.19. The van der Waals surface area contributed by atoms with Crippen molar-refractivity contribution < 1.29 is 0 Å². The van der Waals surface area contributed by atoms with E-state index in [0.29, 0.717) is 24.2 Å². The molecule has 3 aromatic rings. The first kappa shape index (κ1) is 15.9. The van der Waals surface area contributed by atoms with Crippen LogP contribution in [0.2, 0.25) is 0 Å². The van der Waals surface area contributed by atoms with Gasteiger partial charge in [0.05, 0.1) is 16.6 Å². The molecule has 1 aliphatic heterocycles. The number of hydrogen-bond donors (Lipinski definition) is 2. The van der Waals surface area contributed by atoms with E-state index in [2.05, 4.69) is 33.8 Å². The molecule has 0 radical (unpaired) electrons. The number of H-pyrrole nitrogens is 1. The fourth-order valence-corrected chi connectivity index (χ4v) is 3.75. The molecule has 1 saturated heterocycles. The van der Waals surface area contributed by atoms with Crippen LogP contribution in [0, 0.1) is 0 Å². The number of anilines is 1. The molecular formula is C19H23N5O. The van der Waals surface area contributed by atoms with Crippen molar-refractivity contribution in [3.8, 4) is 0 Å². The molecule has 0 atom stereocenters. The quantitative estimate of drug-likeness (QED) is 0.749. The van der Waals surface area contributed by atoms with E-state index in [0.717, 1.165) is 35.9 Å². The number of aromatic amines is 1. The van der Waals surface area contributed by atoms with Crippen molar-refractivity contribution in [3.63, 3.8) is 0 Å². The average molecular weight is 337 g/mol. The summed E-state index contributed by atoms with van der Waals surface area (Å²) in [6.45, 7) is 7.12. The average Bonchev–Trinajstić information content (AvgIpc) is 3.31. The fourth-order valence-electron chi connectivity index (χ4n) is 3.75. The standard InChI is InChI=1S/C19H23N5O/c1-2-15-17-18(22-21-15)14-12-13(23-9-3-4-10-23)6-7-16(14)24(19(17)25)11-5-8-20/h2,6-7,12H,1,3-5,8-11,20H2,(H,21,22). The first-order valence-electron chi connectivity index (χ1n) is 8.86. The highest BCUT2D eigenvalue weighted by Gasteiger charge is 2.18. The third-order valence-electron chi connectivity index (χ3n) is 5.04. The van der Waals surface area contributed by atoms with E-state index in [1.165, 1.54) is 18.5 Å². The number of nitrogens with two attached hydrogens (primary N) is 1. The largest absolute Gasteiger partial charge is 0.372 e. The van der Waals surface area contributed by atoms with Crippen molar-refractivity contribution in [2.75, 3.05) is 24.5 Å². The number of aromatic nitrogens is 3. The lowest BCUT2D eigenvalue weighted by molar-refractivity contribution is 0.654. The summed E-state index contributed by atoms with van der Waals surface area (Å²) in [6.07, 6.45) is 4.87. The second-order valence-electron chi connectivity index (χ2n) is 6.56. The van der Waals surface area contributed by atoms with Crippen LogP contribution in [0.3, 0.4) is 0 Å². The minimum Gasteiger partial charge on any atom is -0.372 e. The van der Waals surface area contributed by atoms with Gasteiger partial charge in [0.1, 0.15) is 5.52 Å². The summed E-state index contributed by atoms with van der Waals surface area (Å²) in [5.41, 5.74) is 9.14. The van der Waals surface area contributed by atoms with Crippen LogP contribution in [0.4, 0.5) is 5.69 Å². The lowest BCUT2D eigenvalue weighted by atomic mass is 10.1. The molecule has 6 nitrogen and oxygen atoms in total. The van der Waals surface area contributed by atoms with Crippen molar-refractivity contribution in [1.29, 1.82) is 0 Å². The Morgan fingerprint density at radius 1 is 1.32 bits per heavy atom. The molecule has 1 fully saturated rings. The van der Waals surface area contributed by atoms with Crippen LogP contribution in [-0.4, -0.2) is 34.4 Å². The molecule has 0 unspecified atom stereocenters. The van der Waals surface area contributed by atoms with E-state index in [4.69, 9.17) is 5.73 Å². The van der Waals surface area contributed by atoms with Gasteiger partial charge < -0.3 is 15.2 Å². The van der Waals surface area contributed by atoms with Gasteiger partial charge in [-0.1, -0.05) is 6.58 Å². The van der Waals surface area contributed by atoms with Crippen molar-refractivity contribution in [3.05, 3.63) is 40.8 Å². The van der Waals surface area contributed by atoms with Gasteiger partial charge in [-0.05, 0) is 50.1 Å². The Labute approximate surface area is 145 Å². The lowest BCUT2D eigenvalue weighted by Crippen LogP contribution is -2.23. The number of nitrogens with one attached hydrogen (secondary N) is 1. The first-order valence-corrected chi connectivity index (χ1v) is 8.86. The van der Waals surface area contributed by atoms with Crippen molar-refractivity contribution in [1.82, 2.24) is 14.8 Å². The Balaban J connectivity index is 2.02. The highest BCUT2D eigenvalue weighted by molar-refractivity contribution is 6.06. The minimum atomic E-state index is -0.0338. The van der Waals surface area contributed by atoms with Crippen molar-refractivity contribution in [2.24, 2.45) is 5.73 Å². The molecule has 0 saturated carbocycles. The third-order valence-corrected chi connectivity index (χ3v) is 5.04. The van der Waals surface area contributed by atoms with Gasteiger partial charge in [-0.25, -0.2) is 0 Å². The zero-order valence-corrected chi connectivity index (χ0v) is 14.3. The maximum Gasteiger partial charge on any atom is 0.262 e. The van der Waals surface area contributed by atoms with Crippen LogP contribution in [0.1, 0.15) is 25.0 Å². The topological polar surface area (TPSA) is 79.9 Å². The summed E-state index contributed by atoms with van der Waals surface area (Å²) in [5.74, 6) is 0. The fraction of sp³-hybridized carbons (Fsp3) is 0.368. The molecule has 6 heteroatoms. The van der Waals surface area contributed by atoms with Crippen LogP contribution >= 0.6 is 0 Å². The van der Waals surface area contributed by atoms with E-state index < -0.39 is 0 Å². The highest BCUT2D eigenvalue weighted by Crippen LogP contribution is 2.29. The number of rotatable bonds is 5. The smallest absolute Gasteiger partial charge is 0.262 e. The van der Waals surface area contributed by atoms with Crippen LogP contribution in [0.15, 0.2) is 29.6 Å². The summed E-state index contributed by atoms with van der Waals surface area (Å²) in [5, 5.41) is 8.97. The number of benzene rings is 1. The number of nitrogens with zero attached hydrogens (tertiary/aromatic N) is 3. The van der Waals surface area contributed by atoms with E-state index in [-0.39, 0.29) is 5.56 Å². The van der Waals surface area contributed by atoms with Gasteiger partial charge in [0.2, 0.25) is 0 Å². The van der Waals surface area contributed by atoms with Crippen molar-refractivity contribution >= 4 is 33.6 Å². The van der Waals surface area contributed by atoms with Crippen LogP contribution in [0.5, 0.6) is 0 Å². The SMILES string of the molecule is C=Cc1[nH]nc2c1c(=O)n(CCCN)c1ccc(N3CCCC3)cc21. The zero-order valence-electron chi connectivity index (χ0n) is 14.3. The predicted octanol–water partition coefficient (Wildman–Crippen LogP) is 2.47. The van der Waals surface area contributed by atoms with E-state index >= 15 is 0 Å². The molecule has 0 spiro atoms. The zero-order chi connectivity index (χ0) is 17.4. The normalized spacial score (nSPS) is 14.7. The Morgan fingerprint density at radius 3 is 2.84 bits per heavy atom. The van der Waals surface area contributed by atoms with Gasteiger partial charge in [0.15, 0.2) is 0 Å². The summed E-state index contributed by atoms with van der Waals surface area (Å²) < 4.78 is 1.82. The van der Waals surface area contributed by atoms with Gasteiger partial charge in [-0.15, -0.1) is 0 Å². The first-order chi connectivity index (χ1) is 12.2. The molecule has 3 N–H and O–H groups in total. The molecule has 1 aliphatic rings. The Bertz CT molecular complexity index is 994. The van der Waals surface area contributed by atoms with Crippen LogP contribution < -0.4 is 16.2 Å². The molecule has 2 aromatic heterocycles. The Morgan fingerprint density at radius 2 is 2.12 bits per heavy atom. The summed E-state index contributed by atoms with van der Waals surface area (Å²) >= 11 is 0. The number of hydrogen-bond acceptors (Lipinski definition) is 4. The minimum absolute atomic E-state index is 0.0338. The molecular weight excluding hydrogens is 314 g/mol. The number of pyridine rings is 1. The van der Waals surface area contributed by atoms with Gasteiger partial charge in [0.25, 0.3) is 5.56 Å². The summed E-state index contributed by atoms with van der Waals surface area (Å²) in [6, 6.07) is 6.32. The second-order valence-corrected chi connectivity index (χ2v) is 6.56. The van der Waals surface area contributed by atoms with Crippen molar-refractivity contribution in [2.45, 2.75) is 25.8 Å². The Hall–Kier alpha value is -2.60. The van der Waals surface area contributed by atoms with E-state index in [1.54, 1.807) is 6.08 Å².